The van der Waals surface area contributed by atoms with Crippen molar-refractivity contribution < 1.29 is 0 Å². The van der Waals surface area contributed by atoms with E-state index in [4.69, 9.17) is 0 Å². The van der Waals surface area contributed by atoms with Crippen molar-refractivity contribution in [2.45, 2.75) is 20.8 Å². The summed E-state index contributed by atoms with van der Waals surface area (Å²) in [5, 5.41) is 11.8. The highest BCUT2D eigenvalue weighted by Gasteiger charge is 2.10. The number of nitrogens with zero attached hydrogens (tertiary/aromatic N) is 5. The van der Waals surface area contributed by atoms with Gasteiger partial charge in [0, 0.05) is 27.1 Å². The fourth-order valence-corrected chi connectivity index (χ4v) is 2.71. The second-order valence-corrected chi connectivity index (χ2v) is 6.04. The molecule has 112 valence electrons. The third-order valence-corrected chi connectivity index (χ3v) is 4.50. The minimum Gasteiger partial charge on any atom is -0.318 e. The highest BCUT2D eigenvalue weighted by atomic mass is 79.9. The van der Waals surface area contributed by atoms with Crippen LogP contribution in [0.1, 0.15) is 22.5 Å². The zero-order valence-corrected chi connectivity index (χ0v) is 14.2. The third kappa shape index (κ3) is 2.74. The summed E-state index contributed by atoms with van der Waals surface area (Å²) < 4.78 is 4.93. The Morgan fingerprint density at radius 3 is 2.50 bits per heavy atom. The van der Waals surface area contributed by atoms with E-state index in [1.54, 1.807) is 17.3 Å². The number of halogens is 1. The van der Waals surface area contributed by atoms with Crippen LogP contribution in [-0.2, 0) is 0 Å². The van der Waals surface area contributed by atoms with Crippen molar-refractivity contribution >= 4 is 22.1 Å². The molecule has 0 bridgehead atoms. The van der Waals surface area contributed by atoms with Gasteiger partial charge in [0.05, 0.1) is 6.21 Å². The lowest BCUT2D eigenvalue weighted by atomic mass is 10.2. The van der Waals surface area contributed by atoms with E-state index in [0.717, 1.165) is 21.4 Å². The maximum Gasteiger partial charge on any atom is 0.141 e. The lowest BCUT2D eigenvalue weighted by Crippen LogP contribution is -2.00. The van der Waals surface area contributed by atoms with Crippen molar-refractivity contribution in [3.63, 3.8) is 0 Å². The molecule has 0 fully saturated rings. The Morgan fingerprint density at radius 2 is 1.82 bits per heavy atom. The summed E-state index contributed by atoms with van der Waals surface area (Å²) in [6.07, 6.45) is 4.95. The lowest BCUT2D eigenvalue weighted by molar-refractivity contribution is 0.877. The molecule has 0 saturated heterocycles. The first kappa shape index (κ1) is 14.7. The molecule has 3 rings (SSSR count). The molecular formula is C16H16BrN5. The molecule has 0 atom stereocenters. The van der Waals surface area contributed by atoms with Crippen LogP contribution in [0.2, 0.25) is 0 Å². The molecule has 0 N–H and O–H groups in total. The van der Waals surface area contributed by atoms with Gasteiger partial charge in [0.1, 0.15) is 12.7 Å². The minimum absolute atomic E-state index is 1.08. The molecular weight excluding hydrogens is 342 g/mol. The van der Waals surface area contributed by atoms with Crippen LogP contribution in [0.4, 0.5) is 0 Å². The van der Waals surface area contributed by atoms with E-state index in [-0.39, 0.29) is 0 Å². The second kappa shape index (κ2) is 5.88. The lowest BCUT2D eigenvalue weighted by Gasteiger charge is -2.11. The zero-order chi connectivity index (χ0) is 15.7. The molecule has 1 aromatic carbocycles. The first-order valence-corrected chi connectivity index (χ1v) is 7.70. The van der Waals surface area contributed by atoms with Crippen LogP contribution in [0.5, 0.6) is 0 Å². The molecule has 0 aliphatic rings. The van der Waals surface area contributed by atoms with Gasteiger partial charge in [0.2, 0.25) is 0 Å². The largest absolute Gasteiger partial charge is 0.318 e. The number of hydrogen-bond donors (Lipinski definition) is 0. The maximum absolute atomic E-state index is 4.32. The van der Waals surface area contributed by atoms with Crippen LogP contribution in [0, 0.1) is 20.8 Å². The number of hydrogen-bond acceptors (Lipinski definition) is 3. The van der Waals surface area contributed by atoms with E-state index in [9.17, 15) is 0 Å². The van der Waals surface area contributed by atoms with Gasteiger partial charge in [-0.2, -0.15) is 5.10 Å². The van der Waals surface area contributed by atoms with E-state index < -0.39 is 0 Å². The van der Waals surface area contributed by atoms with Crippen molar-refractivity contribution in [3.05, 3.63) is 63.9 Å². The number of rotatable bonds is 3. The predicted octanol–water partition coefficient (Wildman–Crippen LogP) is 3.64. The number of aryl methyl sites for hydroxylation is 2. The molecule has 2 aromatic heterocycles. The molecule has 5 nitrogen and oxygen atoms in total. The first-order chi connectivity index (χ1) is 10.6. The summed E-state index contributed by atoms with van der Waals surface area (Å²) in [5.74, 6) is 0. The van der Waals surface area contributed by atoms with Crippen LogP contribution in [0.3, 0.4) is 0 Å². The van der Waals surface area contributed by atoms with Crippen molar-refractivity contribution in [1.82, 2.24) is 19.4 Å². The SMILES string of the molecule is Cc1cc(-n2c(C)cc(C=Nn3cnnc3)c2C)ccc1Br. The average molecular weight is 358 g/mol. The van der Waals surface area contributed by atoms with E-state index >= 15 is 0 Å². The van der Waals surface area contributed by atoms with Crippen LogP contribution >= 0.6 is 15.9 Å². The second-order valence-electron chi connectivity index (χ2n) is 5.18. The van der Waals surface area contributed by atoms with Gasteiger partial charge in [0.15, 0.2) is 0 Å². The normalized spacial score (nSPS) is 11.5. The Labute approximate surface area is 137 Å². The van der Waals surface area contributed by atoms with E-state index in [2.05, 4.69) is 80.8 Å². The minimum atomic E-state index is 1.08. The van der Waals surface area contributed by atoms with Gasteiger partial charge < -0.3 is 4.57 Å². The van der Waals surface area contributed by atoms with Gasteiger partial charge in [-0.15, -0.1) is 10.2 Å². The molecule has 3 aromatic rings. The molecule has 0 amide bonds. The van der Waals surface area contributed by atoms with Crippen molar-refractivity contribution in [2.24, 2.45) is 5.10 Å². The third-order valence-electron chi connectivity index (χ3n) is 3.61. The number of benzene rings is 1. The Hall–Kier alpha value is -2.21. The van der Waals surface area contributed by atoms with E-state index in [0.29, 0.717) is 0 Å². The predicted molar refractivity (Wildman–Crippen MR) is 90.7 cm³/mol. The fraction of sp³-hybridized carbons (Fsp3) is 0.188. The molecule has 2 heterocycles. The van der Waals surface area contributed by atoms with Crippen LogP contribution in [0.25, 0.3) is 5.69 Å². The molecule has 0 saturated carbocycles. The highest BCUT2D eigenvalue weighted by Crippen LogP contribution is 2.24. The smallest absolute Gasteiger partial charge is 0.141 e. The van der Waals surface area contributed by atoms with Crippen molar-refractivity contribution in [2.75, 3.05) is 0 Å². The fourth-order valence-electron chi connectivity index (χ4n) is 2.47. The molecule has 22 heavy (non-hydrogen) atoms. The summed E-state index contributed by atoms with van der Waals surface area (Å²) in [6, 6.07) is 8.48. The first-order valence-electron chi connectivity index (χ1n) is 6.90. The average Bonchev–Trinajstić information content (AvgIpc) is 3.09. The Bertz CT molecular complexity index is 831. The standard InChI is InChI=1S/C16H16BrN5/c1-11-6-15(4-5-16(11)17)22-12(2)7-14(13(22)3)8-20-21-9-18-19-10-21/h4-10H,1-3H3. The molecule has 0 unspecified atom stereocenters. The number of aromatic nitrogens is 4. The molecule has 0 radical (unpaired) electrons. The quantitative estimate of drug-likeness (QED) is 0.671. The van der Waals surface area contributed by atoms with E-state index in [1.165, 1.54) is 11.3 Å². The monoisotopic (exact) mass is 357 g/mol. The summed E-state index contributed by atoms with van der Waals surface area (Å²) in [5.41, 5.74) is 5.76. The summed E-state index contributed by atoms with van der Waals surface area (Å²) in [6.45, 7) is 6.29. The Morgan fingerprint density at radius 1 is 1.09 bits per heavy atom. The van der Waals surface area contributed by atoms with Gasteiger partial charge in [0.25, 0.3) is 0 Å². The van der Waals surface area contributed by atoms with Gasteiger partial charge in [-0.05, 0) is 50.6 Å². The van der Waals surface area contributed by atoms with Gasteiger partial charge in [-0.3, -0.25) is 0 Å². The Balaban J connectivity index is 2.01. The maximum atomic E-state index is 4.32. The van der Waals surface area contributed by atoms with Crippen LogP contribution in [0.15, 0.2) is 46.5 Å². The van der Waals surface area contributed by atoms with Crippen molar-refractivity contribution in [1.29, 1.82) is 0 Å². The van der Waals surface area contributed by atoms with Crippen molar-refractivity contribution in [3.8, 4) is 5.69 Å². The highest BCUT2D eigenvalue weighted by molar-refractivity contribution is 9.10. The van der Waals surface area contributed by atoms with Gasteiger partial charge in [-0.1, -0.05) is 15.9 Å². The Kier molecular flexibility index (Phi) is 3.94. The molecule has 0 aliphatic heterocycles. The molecule has 0 aliphatic carbocycles. The zero-order valence-electron chi connectivity index (χ0n) is 12.7. The summed E-state index contributed by atoms with van der Waals surface area (Å²) >= 11 is 3.55. The summed E-state index contributed by atoms with van der Waals surface area (Å²) in [4.78, 5) is 0. The van der Waals surface area contributed by atoms with E-state index in [1.807, 2.05) is 6.21 Å². The van der Waals surface area contributed by atoms with Crippen LogP contribution < -0.4 is 0 Å². The van der Waals surface area contributed by atoms with Crippen LogP contribution in [-0.4, -0.2) is 25.7 Å². The summed E-state index contributed by atoms with van der Waals surface area (Å²) in [7, 11) is 0. The van der Waals surface area contributed by atoms with Gasteiger partial charge in [-0.25, -0.2) is 4.68 Å². The topological polar surface area (TPSA) is 48.0 Å². The van der Waals surface area contributed by atoms with Gasteiger partial charge >= 0.3 is 0 Å². The molecule has 6 heteroatoms. The molecule has 0 spiro atoms.